The molecular weight excluding hydrogens is 312 g/mol. The molecule has 3 rings (SSSR count). The standard InChI is InChI=1S/C17H24N2O3S/c1-2-23(21,22)18-11-5-9-15(13-18)17(20)19-12-6-8-14-7-3-4-10-16(14)19/h3-4,7,10,15H,2,5-6,8-9,11-13H2,1H3. The molecule has 1 aromatic rings. The smallest absolute Gasteiger partial charge is 0.231 e. The van der Waals surface area contributed by atoms with Crippen LogP contribution in [0.5, 0.6) is 0 Å². The van der Waals surface area contributed by atoms with Crippen LogP contribution in [-0.2, 0) is 21.2 Å². The second-order valence-electron chi connectivity index (χ2n) is 6.32. The van der Waals surface area contributed by atoms with Gasteiger partial charge in [0.1, 0.15) is 0 Å². The SMILES string of the molecule is CCS(=O)(=O)N1CCCC(C(=O)N2CCCc3ccccc32)C1. The number of anilines is 1. The summed E-state index contributed by atoms with van der Waals surface area (Å²) in [6, 6.07) is 8.03. The summed E-state index contributed by atoms with van der Waals surface area (Å²) in [6.45, 7) is 3.25. The van der Waals surface area contributed by atoms with Crippen molar-refractivity contribution in [1.82, 2.24) is 4.31 Å². The van der Waals surface area contributed by atoms with Crippen LogP contribution in [0, 0.1) is 5.92 Å². The molecule has 1 aromatic carbocycles. The van der Waals surface area contributed by atoms with Gasteiger partial charge in [-0.1, -0.05) is 18.2 Å². The van der Waals surface area contributed by atoms with E-state index in [9.17, 15) is 13.2 Å². The van der Waals surface area contributed by atoms with Crippen molar-refractivity contribution in [3.05, 3.63) is 29.8 Å². The van der Waals surface area contributed by atoms with Gasteiger partial charge in [0.05, 0.1) is 11.7 Å². The first-order valence-corrected chi connectivity index (χ1v) is 10.0. The van der Waals surface area contributed by atoms with Crippen molar-refractivity contribution in [2.75, 3.05) is 30.3 Å². The number of rotatable bonds is 3. The molecule has 126 valence electrons. The molecule has 0 spiro atoms. The zero-order valence-corrected chi connectivity index (χ0v) is 14.4. The summed E-state index contributed by atoms with van der Waals surface area (Å²) in [5, 5.41) is 0. The van der Waals surface area contributed by atoms with E-state index < -0.39 is 10.0 Å². The lowest BCUT2D eigenvalue weighted by Gasteiger charge is -2.36. The van der Waals surface area contributed by atoms with Gasteiger partial charge in [-0.05, 0) is 44.2 Å². The van der Waals surface area contributed by atoms with E-state index in [0.717, 1.165) is 37.9 Å². The number of carbonyl (C=O) groups is 1. The molecule has 1 unspecified atom stereocenters. The van der Waals surface area contributed by atoms with Gasteiger partial charge in [0.2, 0.25) is 15.9 Å². The lowest BCUT2D eigenvalue weighted by Crippen LogP contribution is -2.48. The van der Waals surface area contributed by atoms with E-state index in [1.54, 1.807) is 6.92 Å². The van der Waals surface area contributed by atoms with Crippen LogP contribution in [0.15, 0.2) is 24.3 Å². The Morgan fingerprint density at radius 1 is 1.22 bits per heavy atom. The maximum Gasteiger partial charge on any atom is 0.231 e. The van der Waals surface area contributed by atoms with E-state index in [0.29, 0.717) is 13.1 Å². The highest BCUT2D eigenvalue weighted by Crippen LogP contribution is 2.30. The molecule has 23 heavy (non-hydrogen) atoms. The number of sulfonamides is 1. The molecule has 1 fully saturated rings. The van der Waals surface area contributed by atoms with E-state index in [-0.39, 0.29) is 17.6 Å². The van der Waals surface area contributed by atoms with Crippen molar-refractivity contribution in [3.63, 3.8) is 0 Å². The quantitative estimate of drug-likeness (QED) is 0.848. The van der Waals surface area contributed by atoms with E-state index in [4.69, 9.17) is 0 Å². The van der Waals surface area contributed by atoms with E-state index in [2.05, 4.69) is 6.07 Å². The molecule has 2 aliphatic heterocycles. The Morgan fingerprint density at radius 2 is 2.00 bits per heavy atom. The summed E-state index contributed by atoms with van der Waals surface area (Å²) in [4.78, 5) is 14.8. The molecule has 1 atom stereocenters. The molecule has 0 N–H and O–H groups in total. The number of aryl methyl sites for hydroxylation is 1. The maximum atomic E-state index is 13.0. The minimum Gasteiger partial charge on any atom is -0.312 e. The summed E-state index contributed by atoms with van der Waals surface area (Å²) < 4.78 is 25.7. The first-order chi connectivity index (χ1) is 11.0. The average molecular weight is 336 g/mol. The minimum atomic E-state index is -3.22. The zero-order valence-electron chi connectivity index (χ0n) is 13.6. The Morgan fingerprint density at radius 3 is 2.78 bits per heavy atom. The molecule has 1 amide bonds. The zero-order chi connectivity index (χ0) is 16.4. The number of para-hydroxylation sites is 1. The monoisotopic (exact) mass is 336 g/mol. The third-order valence-corrected chi connectivity index (χ3v) is 6.72. The lowest BCUT2D eigenvalue weighted by atomic mass is 9.95. The molecule has 2 heterocycles. The Bertz CT molecular complexity index is 687. The normalized spacial score (nSPS) is 22.7. The molecule has 0 radical (unpaired) electrons. The van der Waals surface area contributed by atoms with Gasteiger partial charge in [-0.15, -0.1) is 0 Å². The topological polar surface area (TPSA) is 57.7 Å². The van der Waals surface area contributed by atoms with E-state index >= 15 is 0 Å². The summed E-state index contributed by atoms with van der Waals surface area (Å²) in [5.74, 6) is -0.0510. The molecule has 1 saturated heterocycles. The van der Waals surface area contributed by atoms with Crippen LogP contribution in [0.4, 0.5) is 5.69 Å². The van der Waals surface area contributed by atoms with Crippen LogP contribution in [0.2, 0.25) is 0 Å². The van der Waals surface area contributed by atoms with Crippen molar-refractivity contribution in [3.8, 4) is 0 Å². The lowest BCUT2D eigenvalue weighted by molar-refractivity contribution is -0.123. The third-order valence-electron chi connectivity index (χ3n) is 4.87. The summed E-state index contributed by atoms with van der Waals surface area (Å²) in [6.07, 6.45) is 3.49. The Kier molecular flexibility index (Phi) is 4.73. The van der Waals surface area contributed by atoms with Gasteiger partial charge >= 0.3 is 0 Å². The van der Waals surface area contributed by atoms with Crippen LogP contribution in [0.25, 0.3) is 0 Å². The maximum absolute atomic E-state index is 13.0. The fraction of sp³-hybridized carbons (Fsp3) is 0.588. The Balaban J connectivity index is 1.79. The summed E-state index contributed by atoms with van der Waals surface area (Å²) >= 11 is 0. The summed E-state index contributed by atoms with van der Waals surface area (Å²) in [5.41, 5.74) is 2.21. The highest BCUT2D eigenvalue weighted by molar-refractivity contribution is 7.89. The van der Waals surface area contributed by atoms with Crippen LogP contribution >= 0.6 is 0 Å². The van der Waals surface area contributed by atoms with Gasteiger partial charge in [-0.25, -0.2) is 12.7 Å². The predicted octanol–water partition coefficient (Wildman–Crippen LogP) is 2.03. The van der Waals surface area contributed by atoms with Crippen LogP contribution in [-0.4, -0.2) is 44.0 Å². The highest BCUT2D eigenvalue weighted by Gasteiger charge is 2.35. The number of piperidine rings is 1. The summed E-state index contributed by atoms with van der Waals surface area (Å²) in [7, 11) is -3.22. The number of amides is 1. The predicted molar refractivity (Wildman–Crippen MR) is 90.9 cm³/mol. The second-order valence-corrected chi connectivity index (χ2v) is 8.58. The number of benzene rings is 1. The molecule has 0 saturated carbocycles. The van der Waals surface area contributed by atoms with E-state index in [1.165, 1.54) is 9.87 Å². The number of hydrogen-bond acceptors (Lipinski definition) is 3. The molecule has 2 aliphatic rings. The molecule has 0 aliphatic carbocycles. The van der Waals surface area contributed by atoms with Gasteiger partial charge < -0.3 is 4.90 Å². The number of carbonyl (C=O) groups excluding carboxylic acids is 1. The van der Waals surface area contributed by atoms with Gasteiger partial charge in [-0.2, -0.15) is 0 Å². The Labute approximate surface area is 138 Å². The first kappa shape index (κ1) is 16.5. The Hall–Kier alpha value is -1.40. The molecule has 5 nitrogen and oxygen atoms in total. The third kappa shape index (κ3) is 3.28. The van der Waals surface area contributed by atoms with Crippen molar-refractivity contribution >= 4 is 21.6 Å². The minimum absolute atomic E-state index is 0.0770. The van der Waals surface area contributed by atoms with Crippen LogP contribution in [0.1, 0.15) is 31.7 Å². The van der Waals surface area contributed by atoms with Gasteiger partial charge in [0.25, 0.3) is 0 Å². The van der Waals surface area contributed by atoms with Gasteiger partial charge in [0, 0.05) is 25.3 Å². The fourth-order valence-corrected chi connectivity index (χ4v) is 4.74. The van der Waals surface area contributed by atoms with Crippen molar-refractivity contribution in [2.45, 2.75) is 32.6 Å². The average Bonchev–Trinajstić information content (AvgIpc) is 2.60. The van der Waals surface area contributed by atoms with Crippen molar-refractivity contribution < 1.29 is 13.2 Å². The van der Waals surface area contributed by atoms with Crippen molar-refractivity contribution in [1.29, 1.82) is 0 Å². The number of nitrogens with zero attached hydrogens (tertiary/aromatic N) is 2. The highest BCUT2D eigenvalue weighted by atomic mass is 32.2. The fourth-order valence-electron chi connectivity index (χ4n) is 3.56. The van der Waals surface area contributed by atoms with Crippen LogP contribution in [0.3, 0.4) is 0 Å². The number of hydrogen-bond donors (Lipinski definition) is 0. The molecule has 0 bridgehead atoms. The molecule has 6 heteroatoms. The van der Waals surface area contributed by atoms with Gasteiger partial charge in [0.15, 0.2) is 0 Å². The van der Waals surface area contributed by atoms with Gasteiger partial charge in [-0.3, -0.25) is 4.79 Å². The van der Waals surface area contributed by atoms with Crippen molar-refractivity contribution in [2.24, 2.45) is 5.92 Å². The van der Waals surface area contributed by atoms with Crippen LogP contribution < -0.4 is 4.90 Å². The largest absolute Gasteiger partial charge is 0.312 e. The number of fused-ring (bicyclic) bond motifs is 1. The first-order valence-electron chi connectivity index (χ1n) is 8.40. The molecule has 0 aromatic heterocycles. The van der Waals surface area contributed by atoms with E-state index in [1.807, 2.05) is 23.1 Å². The second kappa shape index (κ2) is 6.61. The molecular formula is C17H24N2O3S.